The predicted molar refractivity (Wildman–Crippen MR) is 109 cm³/mol. The lowest BCUT2D eigenvalue weighted by Gasteiger charge is -2.59. The molecule has 28 heavy (non-hydrogen) atoms. The Labute approximate surface area is 170 Å². The number of rotatable bonds is 3. The van der Waals surface area contributed by atoms with Crippen LogP contribution < -0.4 is 0 Å². The first-order valence-electron chi connectivity index (χ1n) is 11.8. The van der Waals surface area contributed by atoms with E-state index in [4.69, 9.17) is 0 Å². The van der Waals surface area contributed by atoms with Gasteiger partial charge < -0.3 is 10.2 Å². The minimum absolute atomic E-state index is 0.0443. The number of fused-ring (bicyclic) bond motifs is 8. The van der Waals surface area contributed by atoms with Gasteiger partial charge in [-0.2, -0.15) is 0 Å². The highest BCUT2D eigenvalue weighted by molar-refractivity contribution is 5.92. The van der Waals surface area contributed by atoms with Crippen LogP contribution in [0.2, 0.25) is 0 Å². The van der Waals surface area contributed by atoms with Crippen molar-refractivity contribution in [3.8, 4) is 0 Å². The molecule has 0 spiro atoms. The molecular weight excluding hydrogens is 348 g/mol. The molecule has 3 heteroatoms. The fourth-order valence-electron chi connectivity index (χ4n) is 9.23. The molecule has 2 N–H and O–H groups in total. The second kappa shape index (κ2) is 5.94. The van der Waals surface area contributed by atoms with Crippen molar-refractivity contribution in [3.63, 3.8) is 0 Å². The molecule has 10 atom stereocenters. The number of aliphatic hydroxyl groups excluding tert-OH is 1. The fraction of sp³-hybridized carbons (Fsp3) is 0.880. The Balaban J connectivity index is 1.56. The second-order valence-corrected chi connectivity index (χ2v) is 11.6. The molecule has 0 aromatic carbocycles. The van der Waals surface area contributed by atoms with Crippen LogP contribution in [0.15, 0.2) is 11.6 Å². The van der Waals surface area contributed by atoms with Gasteiger partial charge in [0.15, 0.2) is 5.78 Å². The molecule has 4 fully saturated rings. The topological polar surface area (TPSA) is 57.5 Å². The van der Waals surface area contributed by atoms with E-state index < -0.39 is 5.60 Å². The van der Waals surface area contributed by atoms with Crippen LogP contribution in [-0.4, -0.2) is 28.2 Å². The minimum atomic E-state index is -0.658. The highest BCUT2D eigenvalue weighted by Crippen LogP contribution is 2.76. The Bertz CT molecular complexity index is 727. The Hall–Kier alpha value is -0.670. The molecule has 4 saturated carbocycles. The van der Waals surface area contributed by atoms with Crippen LogP contribution in [0.5, 0.6) is 0 Å². The Kier molecular flexibility index (Phi) is 4.09. The maximum atomic E-state index is 12.2. The van der Waals surface area contributed by atoms with Gasteiger partial charge in [0, 0.05) is 13.0 Å². The maximum Gasteiger partial charge on any atom is 0.155 e. The summed E-state index contributed by atoms with van der Waals surface area (Å²) >= 11 is 0. The van der Waals surface area contributed by atoms with Gasteiger partial charge in [0.25, 0.3) is 0 Å². The van der Waals surface area contributed by atoms with E-state index in [0.717, 1.165) is 31.6 Å². The quantitative estimate of drug-likeness (QED) is 0.757. The summed E-state index contributed by atoms with van der Waals surface area (Å²) in [7, 11) is 0. The van der Waals surface area contributed by atoms with E-state index in [-0.39, 0.29) is 23.4 Å². The minimum Gasteiger partial charge on any atom is -0.396 e. The van der Waals surface area contributed by atoms with Crippen molar-refractivity contribution in [1.29, 1.82) is 0 Å². The normalized spacial score (nSPS) is 57.0. The highest BCUT2D eigenvalue weighted by Gasteiger charge is 2.72. The Morgan fingerprint density at radius 2 is 1.96 bits per heavy atom. The molecule has 0 heterocycles. The van der Waals surface area contributed by atoms with Crippen molar-refractivity contribution in [2.45, 2.75) is 78.2 Å². The number of carbonyl (C=O) groups is 1. The van der Waals surface area contributed by atoms with Gasteiger partial charge in [0.2, 0.25) is 0 Å². The average Bonchev–Trinajstić information content (AvgIpc) is 3.44. The van der Waals surface area contributed by atoms with Crippen molar-refractivity contribution in [1.82, 2.24) is 0 Å². The molecule has 0 aliphatic heterocycles. The summed E-state index contributed by atoms with van der Waals surface area (Å²) in [6.45, 7) is 9.66. The van der Waals surface area contributed by atoms with Crippen LogP contribution in [0.25, 0.3) is 0 Å². The van der Waals surface area contributed by atoms with E-state index in [1.54, 1.807) is 0 Å². The van der Waals surface area contributed by atoms with Gasteiger partial charge in [0.05, 0.1) is 5.60 Å². The summed E-state index contributed by atoms with van der Waals surface area (Å²) in [5.74, 6) is 4.43. The summed E-state index contributed by atoms with van der Waals surface area (Å²) in [6, 6.07) is 0. The molecule has 0 aromatic rings. The van der Waals surface area contributed by atoms with Crippen LogP contribution in [0.4, 0.5) is 0 Å². The van der Waals surface area contributed by atoms with Gasteiger partial charge >= 0.3 is 0 Å². The van der Waals surface area contributed by atoms with Crippen molar-refractivity contribution >= 4 is 5.78 Å². The summed E-state index contributed by atoms with van der Waals surface area (Å²) in [4.78, 5) is 12.2. The second-order valence-electron chi connectivity index (χ2n) is 11.6. The summed E-state index contributed by atoms with van der Waals surface area (Å²) < 4.78 is 0. The molecular formula is C25H38O3. The van der Waals surface area contributed by atoms with Crippen molar-refractivity contribution in [2.75, 3.05) is 6.61 Å². The molecule has 5 aliphatic carbocycles. The molecule has 0 amide bonds. The smallest absolute Gasteiger partial charge is 0.155 e. The fourth-order valence-corrected chi connectivity index (χ4v) is 9.23. The number of allylic oxidation sites excluding steroid dienone is 1. The van der Waals surface area contributed by atoms with Gasteiger partial charge in [-0.25, -0.2) is 0 Å². The van der Waals surface area contributed by atoms with Crippen LogP contribution in [0.3, 0.4) is 0 Å². The molecule has 3 nitrogen and oxygen atoms in total. The lowest BCUT2D eigenvalue weighted by Crippen LogP contribution is -2.56. The van der Waals surface area contributed by atoms with Crippen LogP contribution in [0, 0.1) is 52.3 Å². The van der Waals surface area contributed by atoms with E-state index in [2.05, 4.69) is 27.7 Å². The van der Waals surface area contributed by atoms with Gasteiger partial charge in [-0.05, 0) is 96.9 Å². The number of aliphatic hydroxyl groups is 2. The highest BCUT2D eigenvalue weighted by atomic mass is 16.3. The van der Waals surface area contributed by atoms with Crippen molar-refractivity contribution in [2.24, 2.45) is 52.3 Å². The standard InChI is InChI=1S/C25H38O3/c1-14-15(2)25(28,8-5-11-26)24(4)10-7-19-21(22(14)24)18-13-17(18)20-12-16(27)6-9-23(19,20)3/h12,14-15,17-19,21-22,26,28H,5-11,13H2,1-4H3/t14-,15?,17?,18?,19?,21?,22?,23-,24+,25+/m1/s1. The van der Waals surface area contributed by atoms with Crippen LogP contribution >= 0.6 is 0 Å². The largest absolute Gasteiger partial charge is 0.396 e. The molecule has 0 radical (unpaired) electrons. The van der Waals surface area contributed by atoms with E-state index in [1.807, 2.05) is 6.08 Å². The van der Waals surface area contributed by atoms with E-state index >= 15 is 0 Å². The lowest BCUT2D eigenvalue weighted by molar-refractivity contribution is -0.146. The maximum absolute atomic E-state index is 12.2. The van der Waals surface area contributed by atoms with Gasteiger partial charge in [-0.15, -0.1) is 0 Å². The first-order chi connectivity index (χ1) is 13.2. The lowest BCUT2D eigenvalue weighted by atomic mass is 9.45. The molecule has 0 aromatic heterocycles. The summed E-state index contributed by atoms with van der Waals surface area (Å²) in [5.41, 5.74) is 0.992. The Morgan fingerprint density at radius 1 is 1.21 bits per heavy atom. The van der Waals surface area contributed by atoms with Gasteiger partial charge in [-0.3, -0.25) is 4.79 Å². The SMILES string of the molecule is CC1[C@@H](C)C2C3C4CC4C4=CC(=O)CC[C@]4(C)C3CC[C@]2(C)[C@]1(O)CCCO. The van der Waals surface area contributed by atoms with Gasteiger partial charge in [-0.1, -0.05) is 33.3 Å². The number of hydrogen-bond acceptors (Lipinski definition) is 3. The number of ketones is 1. The zero-order valence-electron chi connectivity index (χ0n) is 18.1. The molecule has 5 rings (SSSR count). The first kappa shape index (κ1) is 19.3. The molecule has 156 valence electrons. The average molecular weight is 387 g/mol. The van der Waals surface area contributed by atoms with Crippen LogP contribution in [0.1, 0.15) is 72.6 Å². The molecule has 0 saturated heterocycles. The predicted octanol–water partition coefficient (Wildman–Crippen LogP) is 4.37. The van der Waals surface area contributed by atoms with Crippen molar-refractivity contribution < 1.29 is 15.0 Å². The number of carbonyl (C=O) groups excluding carboxylic acids is 1. The zero-order valence-corrected chi connectivity index (χ0v) is 18.1. The third-order valence-corrected chi connectivity index (χ3v) is 10.8. The zero-order chi connectivity index (χ0) is 20.1. The van der Waals surface area contributed by atoms with Crippen LogP contribution in [-0.2, 0) is 4.79 Å². The third-order valence-electron chi connectivity index (χ3n) is 10.8. The number of hydrogen-bond donors (Lipinski definition) is 2. The molecule has 0 bridgehead atoms. The Morgan fingerprint density at radius 3 is 2.68 bits per heavy atom. The third kappa shape index (κ3) is 2.16. The van der Waals surface area contributed by atoms with E-state index in [1.165, 1.54) is 18.4 Å². The van der Waals surface area contributed by atoms with Crippen molar-refractivity contribution in [3.05, 3.63) is 11.6 Å². The van der Waals surface area contributed by atoms with E-state index in [0.29, 0.717) is 41.8 Å². The first-order valence-corrected chi connectivity index (χ1v) is 11.8. The molecule has 6 unspecified atom stereocenters. The summed E-state index contributed by atoms with van der Waals surface area (Å²) in [6.07, 6.45) is 8.74. The summed E-state index contributed by atoms with van der Waals surface area (Å²) in [5, 5.41) is 21.4. The molecule has 5 aliphatic rings. The van der Waals surface area contributed by atoms with Gasteiger partial charge in [0.1, 0.15) is 0 Å². The van der Waals surface area contributed by atoms with E-state index in [9.17, 15) is 15.0 Å². The monoisotopic (exact) mass is 386 g/mol.